The average molecular weight is 190 g/mol. The van der Waals surface area contributed by atoms with Gasteiger partial charge < -0.3 is 9.05 Å². The molecule has 0 fully saturated rings. The predicted molar refractivity (Wildman–Crippen MR) is 50.2 cm³/mol. The Morgan fingerprint density at radius 3 is 2.17 bits per heavy atom. The summed E-state index contributed by atoms with van der Waals surface area (Å²) in [5.41, 5.74) is 0. The molecule has 0 saturated heterocycles. The molecule has 70 valence electrons. The van der Waals surface area contributed by atoms with Gasteiger partial charge in [-0.05, 0) is 13.8 Å². The second-order valence-electron chi connectivity index (χ2n) is 1.95. The fourth-order valence-electron chi connectivity index (χ4n) is 0.649. The zero-order chi connectivity index (χ0) is 9.45. The van der Waals surface area contributed by atoms with Crippen molar-refractivity contribution in [2.24, 2.45) is 0 Å². The average Bonchev–Trinajstić information content (AvgIpc) is 2.02. The maximum Gasteiger partial charge on any atom is 0.354 e. The van der Waals surface area contributed by atoms with E-state index in [0.717, 1.165) is 0 Å². The van der Waals surface area contributed by atoms with Gasteiger partial charge in [-0.2, -0.15) is 0 Å². The van der Waals surface area contributed by atoms with Gasteiger partial charge in [0.05, 0.1) is 13.2 Å². The molecular formula is C8H15O3P. The molecule has 0 atom stereocenters. The van der Waals surface area contributed by atoms with E-state index in [1.54, 1.807) is 19.9 Å². The van der Waals surface area contributed by atoms with E-state index in [9.17, 15) is 4.57 Å². The topological polar surface area (TPSA) is 35.5 Å². The molecule has 0 N–H and O–H groups in total. The summed E-state index contributed by atoms with van der Waals surface area (Å²) in [5.74, 6) is 1.41. The molecule has 0 heterocycles. The minimum absolute atomic E-state index is 0.374. The number of allylic oxidation sites excluding steroid dienone is 2. The van der Waals surface area contributed by atoms with E-state index in [4.69, 9.17) is 9.05 Å². The minimum atomic E-state index is -2.99. The summed E-state index contributed by atoms with van der Waals surface area (Å²) in [6, 6.07) is 0. The van der Waals surface area contributed by atoms with Crippen molar-refractivity contribution < 1.29 is 13.6 Å². The van der Waals surface area contributed by atoms with Gasteiger partial charge in [0.2, 0.25) is 0 Å². The second kappa shape index (κ2) is 6.18. The van der Waals surface area contributed by atoms with Crippen LogP contribution < -0.4 is 0 Å². The highest BCUT2D eigenvalue weighted by molar-refractivity contribution is 7.57. The summed E-state index contributed by atoms with van der Waals surface area (Å²) in [4.78, 5) is 0. The fraction of sp³-hybridized carbons (Fsp3) is 0.500. The summed E-state index contributed by atoms with van der Waals surface area (Å²) < 4.78 is 21.5. The first kappa shape index (κ1) is 11.6. The number of rotatable bonds is 6. The Morgan fingerprint density at radius 2 is 1.83 bits per heavy atom. The highest BCUT2D eigenvalue weighted by Crippen LogP contribution is 2.49. The van der Waals surface area contributed by atoms with Crippen molar-refractivity contribution >= 4 is 7.60 Å². The molecule has 4 heteroatoms. The van der Waals surface area contributed by atoms with Gasteiger partial charge in [0.25, 0.3) is 0 Å². The lowest BCUT2D eigenvalue weighted by Crippen LogP contribution is -1.92. The van der Waals surface area contributed by atoms with E-state index >= 15 is 0 Å². The van der Waals surface area contributed by atoms with Crippen molar-refractivity contribution in [3.05, 3.63) is 24.5 Å². The van der Waals surface area contributed by atoms with Crippen LogP contribution in [0, 0.1) is 0 Å². The molecule has 3 nitrogen and oxygen atoms in total. The lowest BCUT2D eigenvalue weighted by Gasteiger charge is -2.11. The summed E-state index contributed by atoms with van der Waals surface area (Å²) in [5, 5.41) is 0. The minimum Gasteiger partial charge on any atom is -0.306 e. The van der Waals surface area contributed by atoms with E-state index in [1.807, 2.05) is 0 Å². The van der Waals surface area contributed by atoms with Gasteiger partial charge in [-0.15, -0.1) is 0 Å². The van der Waals surface area contributed by atoms with E-state index in [2.05, 4.69) is 6.58 Å². The Hall–Kier alpha value is -0.370. The van der Waals surface area contributed by atoms with Crippen LogP contribution in [0.25, 0.3) is 0 Å². The van der Waals surface area contributed by atoms with Gasteiger partial charge in [-0.3, -0.25) is 4.57 Å². The first-order chi connectivity index (χ1) is 5.68. The highest BCUT2D eigenvalue weighted by Gasteiger charge is 2.17. The largest absolute Gasteiger partial charge is 0.354 e. The van der Waals surface area contributed by atoms with Crippen LogP contribution in [0.15, 0.2) is 24.5 Å². The number of hydrogen-bond donors (Lipinski definition) is 0. The van der Waals surface area contributed by atoms with Gasteiger partial charge >= 0.3 is 7.60 Å². The van der Waals surface area contributed by atoms with E-state index in [0.29, 0.717) is 13.2 Å². The van der Waals surface area contributed by atoms with Gasteiger partial charge in [-0.1, -0.05) is 18.7 Å². The Labute approximate surface area is 73.6 Å². The van der Waals surface area contributed by atoms with Crippen LogP contribution in [0.5, 0.6) is 0 Å². The third kappa shape index (κ3) is 4.50. The zero-order valence-electron chi connectivity index (χ0n) is 7.53. The second-order valence-corrected chi connectivity index (χ2v) is 3.85. The van der Waals surface area contributed by atoms with Crippen molar-refractivity contribution in [3.63, 3.8) is 0 Å². The quantitative estimate of drug-likeness (QED) is 0.477. The lowest BCUT2D eigenvalue weighted by molar-refractivity contribution is 0.229. The van der Waals surface area contributed by atoms with Crippen molar-refractivity contribution in [2.75, 3.05) is 13.2 Å². The van der Waals surface area contributed by atoms with Gasteiger partial charge in [-0.25, -0.2) is 0 Å². The van der Waals surface area contributed by atoms with Crippen LogP contribution in [-0.2, 0) is 13.6 Å². The summed E-state index contributed by atoms with van der Waals surface area (Å²) in [7, 11) is -2.99. The fourth-order valence-corrected chi connectivity index (χ4v) is 1.95. The molecule has 0 amide bonds. The van der Waals surface area contributed by atoms with E-state index < -0.39 is 7.60 Å². The first-order valence-corrected chi connectivity index (χ1v) is 5.48. The maximum absolute atomic E-state index is 11.6. The molecule has 0 aliphatic rings. The smallest absolute Gasteiger partial charge is 0.306 e. The predicted octanol–water partition coefficient (Wildman–Crippen LogP) is 2.95. The molecule has 0 aromatic heterocycles. The van der Waals surface area contributed by atoms with Crippen LogP contribution in [-0.4, -0.2) is 13.2 Å². The molecule has 0 aromatic rings. The molecule has 0 spiro atoms. The Balaban J connectivity index is 4.27. The SMILES string of the molecule is C=C/C=C\P(=O)(OCC)OCC. The Morgan fingerprint density at radius 1 is 1.33 bits per heavy atom. The maximum atomic E-state index is 11.6. The van der Waals surface area contributed by atoms with Gasteiger partial charge in [0, 0.05) is 5.82 Å². The van der Waals surface area contributed by atoms with Gasteiger partial charge in [0.15, 0.2) is 0 Å². The molecule has 0 unspecified atom stereocenters. The van der Waals surface area contributed by atoms with E-state index in [-0.39, 0.29) is 0 Å². The van der Waals surface area contributed by atoms with Crippen LogP contribution in [0.4, 0.5) is 0 Å². The van der Waals surface area contributed by atoms with E-state index in [1.165, 1.54) is 11.9 Å². The molecule has 0 rings (SSSR count). The Kier molecular flexibility index (Phi) is 5.99. The van der Waals surface area contributed by atoms with Crippen LogP contribution in [0.2, 0.25) is 0 Å². The third-order valence-electron chi connectivity index (χ3n) is 1.02. The first-order valence-electron chi connectivity index (χ1n) is 3.87. The molecule has 0 aromatic carbocycles. The lowest BCUT2D eigenvalue weighted by atomic mass is 10.6. The summed E-state index contributed by atoms with van der Waals surface area (Å²) in [6.45, 7) is 7.76. The van der Waals surface area contributed by atoms with Crippen LogP contribution in [0.1, 0.15) is 13.8 Å². The monoisotopic (exact) mass is 190 g/mol. The van der Waals surface area contributed by atoms with Crippen LogP contribution in [0.3, 0.4) is 0 Å². The van der Waals surface area contributed by atoms with Gasteiger partial charge in [0.1, 0.15) is 0 Å². The highest BCUT2D eigenvalue weighted by atomic mass is 31.2. The van der Waals surface area contributed by atoms with Crippen molar-refractivity contribution in [1.29, 1.82) is 0 Å². The molecule has 12 heavy (non-hydrogen) atoms. The molecular weight excluding hydrogens is 175 g/mol. The zero-order valence-corrected chi connectivity index (χ0v) is 8.42. The van der Waals surface area contributed by atoms with Crippen molar-refractivity contribution in [2.45, 2.75) is 13.8 Å². The van der Waals surface area contributed by atoms with Crippen molar-refractivity contribution in [1.82, 2.24) is 0 Å². The molecule has 0 radical (unpaired) electrons. The molecule has 0 aliphatic heterocycles. The standard InChI is InChI=1S/C8H15O3P/c1-4-7-8-12(9,10-5-2)11-6-3/h4,7-8H,1,5-6H2,2-3H3/b8-7-. The summed E-state index contributed by atoms with van der Waals surface area (Å²) in [6.07, 6.45) is 3.09. The molecule has 0 aliphatic carbocycles. The molecule has 0 saturated carbocycles. The van der Waals surface area contributed by atoms with Crippen LogP contribution >= 0.6 is 7.60 Å². The normalized spacial score (nSPS) is 12.2. The summed E-state index contributed by atoms with van der Waals surface area (Å²) >= 11 is 0. The Bertz CT molecular complexity index is 188. The third-order valence-corrected chi connectivity index (χ3v) is 2.80. The van der Waals surface area contributed by atoms with Crippen molar-refractivity contribution in [3.8, 4) is 0 Å². The number of hydrogen-bond acceptors (Lipinski definition) is 3. The molecule has 0 bridgehead atoms.